The second kappa shape index (κ2) is 3.66. The van der Waals surface area contributed by atoms with Gasteiger partial charge in [-0.3, -0.25) is 4.57 Å². The SMILES string of the molecule is CCO[PH](=O)Cl. The summed E-state index contributed by atoms with van der Waals surface area (Å²) in [7, 11) is -2.16. The van der Waals surface area contributed by atoms with E-state index in [1.165, 1.54) is 0 Å². The van der Waals surface area contributed by atoms with E-state index in [0.717, 1.165) is 0 Å². The van der Waals surface area contributed by atoms with Crippen LogP contribution in [-0.2, 0) is 9.09 Å². The van der Waals surface area contributed by atoms with Gasteiger partial charge < -0.3 is 4.52 Å². The monoisotopic (exact) mass is 128 g/mol. The first-order chi connectivity index (χ1) is 2.77. The molecule has 0 heterocycles. The van der Waals surface area contributed by atoms with Crippen molar-refractivity contribution in [2.24, 2.45) is 0 Å². The molecule has 4 heteroatoms. The Labute approximate surface area is 42.1 Å². The van der Waals surface area contributed by atoms with Gasteiger partial charge in [-0.05, 0) is 18.2 Å². The molecule has 0 aliphatic rings. The summed E-state index contributed by atoms with van der Waals surface area (Å²) in [6.07, 6.45) is 0. The van der Waals surface area contributed by atoms with Crippen molar-refractivity contribution in [3.63, 3.8) is 0 Å². The molecule has 0 N–H and O–H groups in total. The molecule has 0 aromatic rings. The molecule has 38 valence electrons. The van der Waals surface area contributed by atoms with E-state index in [1.807, 2.05) is 0 Å². The number of rotatable bonds is 2. The van der Waals surface area contributed by atoms with E-state index in [4.69, 9.17) is 11.2 Å². The fourth-order valence-corrected chi connectivity index (χ4v) is 0.668. The fraction of sp³-hybridized carbons (Fsp3) is 1.00. The fourth-order valence-electron chi connectivity index (χ4n) is 0.113. The summed E-state index contributed by atoms with van der Waals surface area (Å²) in [6.45, 7) is 2.17. The second-order valence-electron chi connectivity index (χ2n) is 0.671. The first-order valence-corrected chi connectivity index (χ1v) is 3.92. The Balaban J connectivity index is 2.83. The van der Waals surface area contributed by atoms with Gasteiger partial charge in [0.15, 0.2) is 0 Å². The molecule has 0 aromatic heterocycles. The molecule has 0 saturated heterocycles. The Morgan fingerprint density at radius 1 is 2.00 bits per heavy atom. The Hall–Kier alpha value is 0.480. The predicted molar refractivity (Wildman–Crippen MR) is 26.5 cm³/mol. The van der Waals surface area contributed by atoms with Crippen LogP contribution in [0.3, 0.4) is 0 Å². The van der Waals surface area contributed by atoms with Crippen LogP contribution < -0.4 is 0 Å². The normalized spacial score (nSPS) is 14.3. The van der Waals surface area contributed by atoms with E-state index in [1.54, 1.807) is 6.92 Å². The lowest BCUT2D eigenvalue weighted by molar-refractivity contribution is 0.361. The average molecular weight is 128 g/mol. The van der Waals surface area contributed by atoms with Gasteiger partial charge in [0.25, 0.3) is 7.38 Å². The number of halogens is 1. The highest BCUT2D eigenvalue weighted by molar-refractivity contribution is 7.69. The molecule has 0 fully saturated rings. The Kier molecular flexibility index (Phi) is 3.96. The van der Waals surface area contributed by atoms with Gasteiger partial charge in [-0.25, -0.2) is 0 Å². The maximum absolute atomic E-state index is 9.77. The van der Waals surface area contributed by atoms with Crippen LogP contribution in [0.2, 0.25) is 0 Å². The molecule has 0 bridgehead atoms. The molecular formula is C2H6ClO2P. The Morgan fingerprint density at radius 3 is 2.50 bits per heavy atom. The summed E-state index contributed by atoms with van der Waals surface area (Å²) in [5.74, 6) is 0. The topological polar surface area (TPSA) is 26.3 Å². The molecule has 1 unspecified atom stereocenters. The van der Waals surface area contributed by atoms with Gasteiger partial charge in [-0.1, -0.05) is 0 Å². The third-order valence-corrected chi connectivity index (χ3v) is 1.10. The third-order valence-electron chi connectivity index (χ3n) is 0.258. The second-order valence-corrected chi connectivity index (χ2v) is 2.36. The van der Waals surface area contributed by atoms with Crippen LogP contribution >= 0.6 is 18.6 Å². The predicted octanol–water partition coefficient (Wildman–Crippen LogP) is 1.65. The largest absolute Gasteiger partial charge is 0.320 e. The molecule has 0 rings (SSSR count). The molecule has 6 heavy (non-hydrogen) atoms. The molecule has 0 saturated carbocycles. The van der Waals surface area contributed by atoms with Gasteiger partial charge in [0.2, 0.25) is 0 Å². The lowest BCUT2D eigenvalue weighted by atomic mass is 10.9. The first kappa shape index (κ1) is 6.48. The van der Waals surface area contributed by atoms with Crippen LogP contribution in [0.4, 0.5) is 0 Å². The standard InChI is InChI=1S/C2H6ClO2P/c1-2-5-6(3)4/h6H,2H2,1H3. The van der Waals surface area contributed by atoms with Gasteiger partial charge >= 0.3 is 0 Å². The van der Waals surface area contributed by atoms with Crippen LogP contribution in [0.5, 0.6) is 0 Å². The zero-order valence-corrected chi connectivity index (χ0v) is 5.16. The van der Waals surface area contributed by atoms with Gasteiger partial charge in [-0.15, -0.1) is 0 Å². The van der Waals surface area contributed by atoms with Crippen molar-refractivity contribution in [2.75, 3.05) is 6.61 Å². The molecule has 0 aliphatic carbocycles. The minimum Gasteiger partial charge on any atom is -0.320 e. The number of hydrogen-bond acceptors (Lipinski definition) is 2. The lowest BCUT2D eigenvalue weighted by Gasteiger charge is -1.85. The van der Waals surface area contributed by atoms with Crippen molar-refractivity contribution >= 4 is 18.6 Å². The van der Waals surface area contributed by atoms with Crippen LogP contribution in [0.25, 0.3) is 0 Å². The summed E-state index contributed by atoms with van der Waals surface area (Å²) in [6, 6.07) is 0. The summed E-state index contributed by atoms with van der Waals surface area (Å²) < 4.78 is 14.1. The minimum atomic E-state index is -2.16. The van der Waals surface area contributed by atoms with E-state index < -0.39 is 7.38 Å². The summed E-state index contributed by atoms with van der Waals surface area (Å²) in [5.41, 5.74) is 0. The molecule has 1 atom stereocenters. The third kappa shape index (κ3) is 4.48. The zero-order valence-electron chi connectivity index (χ0n) is 3.40. The summed E-state index contributed by atoms with van der Waals surface area (Å²) >= 11 is 4.90. The van der Waals surface area contributed by atoms with Crippen molar-refractivity contribution in [3.05, 3.63) is 0 Å². The van der Waals surface area contributed by atoms with Crippen LogP contribution in [0, 0.1) is 0 Å². The molecule has 0 aromatic carbocycles. The Bertz CT molecular complexity index is 55.5. The highest BCUT2D eigenvalue weighted by Gasteiger charge is 1.82. The van der Waals surface area contributed by atoms with Crippen molar-refractivity contribution in [2.45, 2.75) is 6.92 Å². The molecule has 0 spiro atoms. The Morgan fingerprint density at radius 2 is 2.50 bits per heavy atom. The van der Waals surface area contributed by atoms with Crippen LogP contribution in [0.15, 0.2) is 0 Å². The highest BCUT2D eigenvalue weighted by atomic mass is 35.7. The quantitative estimate of drug-likeness (QED) is 0.529. The molecule has 0 amide bonds. The molecule has 2 nitrogen and oxygen atoms in total. The summed E-state index contributed by atoms with van der Waals surface area (Å²) in [4.78, 5) is 0. The minimum absolute atomic E-state index is 0.432. The highest BCUT2D eigenvalue weighted by Crippen LogP contribution is 2.26. The smallest absolute Gasteiger partial charge is 0.278 e. The van der Waals surface area contributed by atoms with E-state index in [0.29, 0.717) is 6.61 Å². The van der Waals surface area contributed by atoms with Crippen molar-refractivity contribution in [1.82, 2.24) is 0 Å². The van der Waals surface area contributed by atoms with Gasteiger partial charge in [0.1, 0.15) is 0 Å². The van der Waals surface area contributed by atoms with E-state index >= 15 is 0 Å². The van der Waals surface area contributed by atoms with Crippen molar-refractivity contribution < 1.29 is 9.09 Å². The molecule has 0 aliphatic heterocycles. The van der Waals surface area contributed by atoms with Crippen molar-refractivity contribution in [3.8, 4) is 0 Å². The number of hydrogen-bond donors (Lipinski definition) is 0. The van der Waals surface area contributed by atoms with E-state index in [2.05, 4.69) is 4.52 Å². The van der Waals surface area contributed by atoms with E-state index in [-0.39, 0.29) is 0 Å². The summed E-state index contributed by atoms with van der Waals surface area (Å²) in [5, 5.41) is 0. The van der Waals surface area contributed by atoms with Crippen LogP contribution in [0.1, 0.15) is 6.92 Å². The maximum atomic E-state index is 9.77. The lowest BCUT2D eigenvalue weighted by Crippen LogP contribution is -1.69. The average Bonchev–Trinajstić information content (AvgIpc) is 1.35. The van der Waals surface area contributed by atoms with Gasteiger partial charge in [0.05, 0.1) is 6.61 Å². The zero-order chi connectivity index (χ0) is 4.99. The van der Waals surface area contributed by atoms with Crippen molar-refractivity contribution in [1.29, 1.82) is 0 Å². The van der Waals surface area contributed by atoms with Gasteiger partial charge in [-0.2, -0.15) is 0 Å². The van der Waals surface area contributed by atoms with Gasteiger partial charge in [0, 0.05) is 0 Å². The molecular weight excluding hydrogens is 122 g/mol. The molecule has 0 radical (unpaired) electrons. The van der Waals surface area contributed by atoms with E-state index in [9.17, 15) is 4.57 Å². The van der Waals surface area contributed by atoms with Crippen LogP contribution in [-0.4, -0.2) is 6.61 Å². The first-order valence-electron chi connectivity index (χ1n) is 1.59. The maximum Gasteiger partial charge on any atom is 0.278 e.